The summed E-state index contributed by atoms with van der Waals surface area (Å²) < 4.78 is 47.3. The third-order valence-corrected chi connectivity index (χ3v) is 3.03. The minimum atomic E-state index is -4.44. The average Bonchev–Trinajstić information content (AvgIpc) is 2.95. The number of ether oxygens (including phenoxy) is 2. The molecule has 1 aromatic carbocycles. The number of alkyl halides is 3. The lowest BCUT2D eigenvalue weighted by Crippen LogP contribution is -2.34. The normalized spacial score (nSPS) is 18.5. The van der Waals surface area contributed by atoms with Gasteiger partial charge in [-0.3, -0.25) is 4.79 Å². The van der Waals surface area contributed by atoms with Gasteiger partial charge in [0.25, 0.3) is 5.91 Å². The van der Waals surface area contributed by atoms with Crippen LogP contribution in [0.25, 0.3) is 0 Å². The number of para-hydroxylation sites is 1. The van der Waals surface area contributed by atoms with Gasteiger partial charge in [0.1, 0.15) is 18.9 Å². The first-order chi connectivity index (χ1) is 9.96. The van der Waals surface area contributed by atoms with Gasteiger partial charge < -0.3 is 14.8 Å². The number of carbonyl (C=O) groups excluding carboxylic acids is 1. The van der Waals surface area contributed by atoms with Crippen molar-refractivity contribution in [1.82, 2.24) is 5.32 Å². The van der Waals surface area contributed by atoms with E-state index >= 15 is 0 Å². The number of amides is 1. The zero-order chi connectivity index (χ0) is 15.3. The molecule has 1 unspecified atom stereocenters. The molecule has 0 bridgehead atoms. The van der Waals surface area contributed by atoms with Crippen molar-refractivity contribution in [1.29, 1.82) is 0 Å². The summed E-state index contributed by atoms with van der Waals surface area (Å²) in [5.74, 6) is -0.553. The van der Waals surface area contributed by atoms with Crippen molar-refractivity contribution in [3.63, 3.8) is 0 Å². The Labute approximate surface area is 120 Å². The molecule has 4 nitrogen and oxygen atoms in total. The van der Waals surface area contributed by atoms with Crippen LogP contribution in [-0.4, -0.2) is 37.9 Å². The topological polar surface area (TPSA) is 47.6 Å². The molecule has 1 aliphatic heterocycles. The van der Waals surface area contributed by atoms with E-state index in [1.807, 2.05) is 5.32 Å². The smallest absolute Gasteiger partial charge is 0.405 e. The van der Waals surface area contributed by atoms with Crippen molar-refractivity contribution in [2.75, 3.05) is 19.8 Å². The average molecular weight is 303 g/mol. The van der Waals surface area contributed by atoms with Gasteiger partial charge >= 0.3 is 6.18 Å². The van der Waals surface area contributed by atoms with Crippen molar-refractivity contribution >= 4 is 5.91 Å². The first-order valence-corrected chi connectivity index (χ1v) is 6.64. The van der Waals surface area contributed by atoms with E-state index in [1.165, 1.54) is 6.07 Å². The Balaban J connectivity index is 1.96. The highest BCUT2D eigenvalue weighted by atomic mass is 19.4. The molecule has 1 atom stereocenters. The van der Waals surface area contributed by atoms with E-state index in [2.05, 4.69) is 0 Å². The van der Waals surface area contributed by atoms with Gasteiger partial charge in [-0.25, -0.2) is 0 Å². The van der Waals surface area contributed by atoms with Crippen LogP contribution in [0.1, 0.15) is 23.2 Å². The number of nitrogens with one attached hydrogen (secondary N) is 1. The number of hydrogen-bond acceptors (Lipinski definition) is 3. The molecular weight excluding hydrogens is 287 g/mol. The van der Waals surface area contributed by atoms with Crippen molar-refractivity contribution in [2.45, 2.75) is 25.1 Å². The Morgan fingerprint density at radius 3 is 2.81 bits per heavy atom. The van der Waals surface area contributed by atoms with E-state index in [9.17, 15) is 18.0 Å². The van der Waals surface area contributed by atoms with Crippen LogP contribution < -0.4 is 10.1 Å². The molecular formula is C14H16F3NO3. The molecule has 1 fully saturated rings. The van der Waals surface area contributed by atoms with Gasteiger partial charge in [0.2, 0.25) is 0 Å². The number of benzene rings is 1. The summed E-state index contributed by atoms with van der Waals surface area (Å²) in [6.07, 6.45) is -2.64. The molecule has 116 valence electrons. The van der Waals surface area contributed by atoms with Crippen LogP contribution in [0.3, 0.4) is 0 Å². The van der Waals surface area contributed by atoms with E-state index < -0.39 is 18.6 Å². The second kappa shape index (κ2) is 6.80. The maximum absolute atomic E-state index is 12.1. The lowest BCUT2D eigenvalue weighted by atomic mass is 10.2. The highest BCUT2D eigenvalue weighted by Gasteiger charge is 2.28. The van der Waals surface area contributed by atoms with E-state index in [-0.39, 0.29) is 24.0 Å². The fourth-order valence-electron chi connectivity index (χ4n) is 2.01. The number of hydrogen-bond donors (Lipinski definition) is 1. The Morgan fingerprint density at radius 1 is 1.38 bits per heavy atom. The fraction of sp³-hybridized carbons (Fsp3) is 0.500. The quantitative estimate of drug-likeness (QED) is 0.909. The number of carbonyl (C=O) groups is 1. The second-order valence-electron chi connectivity index (χ2n) is 4.74. The molecule has 1 saturated heterocycles. The summed E-state index contributed by atoms with van der Waals surface area (Å²) in [5.41, 5.74) is 0.0831. The van der Waals surface area contributed by atoms with Gasteiger partial charge in [-0.2, -0.15) is 13.2 Å². The monoisotopic (exact) mass is 303 g/mol. The summed E-state index contributed by atoms with van der Waals surface area (Å²) >= 11 is 0. The van der Waals surface area contributed by atoms with E-state index in [4.69, 9.17) is 9.47 Å². The zero-order valence-electron chi connectivity index (χ0n) is 11.3. The Kier molecular flexibility index (Phi) is 5.06. The van der Waals surface area contributed by atoms with Crippen molar-refractivity contribution < 1.29 is 27.4 Å². The fourth-order valence-corrected chi connectivity index (χ4v) is 2.01. The van der Waals surface area contributed by atoms with E-state index in [0.29, 0.717) is 6.61 Å². The highest BCUT2D eigenvalue weighted by molar-refractivity contribution is 5.96. The van der Waals surface area contributed by atoms with Gasteiger partial charge in [-0.05, 0) is 25.0 Å². The van der Waals surface area contributed by atoms with Crippen molar-refractivity contribution in [3.8, 4) is 5.75 Å². The van der Waals surface area contributed by atoms with Crippen LogP contribution >= 0.6 is 0 Å². The largest absolute Gasteiger partial charge is 0.490 e. The summed E-state index contributed by atoms with van der Waals surface area (Å²) in [7, 11) is 0. The predicted molar refractivity (Wildman–Crippen MR) is 69.3 cm³/mol. The first kappa shape index (κ1) is 15.6. The molecule has 0 aliphatic carbocycles. The van der Waals surface area contributed by atoms with E-state index in [0.717, 1.165) is 12.8 Å². The van der Waals surface area contributed by atoms with Crippen LogP contribution in [0.15, 0.2) is 24.3 Å². The molecule has 1 N–H and O–H groups in total. The van der Waals surface area contributed by atoms with Gasteiger partial charge in [-0.1, -0.05) is 12.1 Å². The molecule has 1 amide bonds. The summed E-state index contributed by atoms with van der Waals surface area (Å²) in [5, 5.41) is 1.83. The zero-order valence-corrected chi connectivity index (χ0v) is 11.3. The summed E-state index contributed by atoms with van der Waals surface area (Å²) in [6, 6.07) is 6.21. The molecule has 1 heterocycles. The molecule has 0 aromatic heterocycles. The van der Waals surface area contributed by atoms with Gasteiger partial charge in [-0.15, -0.1) is 0 Å². The van der Waals surface area contributed by atoms with Crippen LogP contribution in [0.2, 0.25) is 0 Å². The molecule has 1 aromatic rings. The predicted octanol–water partition coefficient (Wildman–Crippen LogP) is 2.54. The Hall–Kier alpha value is -1.76. The maximum atomic E-state index is 12.1. The van der Waals surface area contributed by atoms with Crippen LogP contribution in [-0.2, 0) is 4.74 Å². The minimum absolute atomic E-state index is 0.0312. The Bertz CT molecular complexity index is 485. The molecule has 2 rings (SSSR count). The number of halogens is 3. The molecule has 0 radical (unpaired) electrons. The van der Waals surface area contributed by atoms with Crippen LogP contribution in [0.4, 0.5) is 13.2 Å². The molecule has 0 saturated carbocycles. The standard InChI is InChI=1S/C14H16F3NO3/c15-14(16,17)9-18-13(19)11-5-1-2-6-12(11)21-8-10-4-3-7-20-10/h1-2,5-6,10H,3-4,7-9H2,(H,18,19). The summed E-state index contributed by atoms with van der Waals surface area (Å²) in [6.45, 7) is -0.406. The van der Waals surface area contributed by atoms with Crippen molar-refractivity contribution in [3.05, 3.63) is 29.8 Å². The highest BCUT2D eigenvalue weighted by Crippen LogP contribution is 2.21. The maximum Gasteiger partial charge on any atom is 0.405 e. The number of rotatable bonds is 5. The SMILES string of the molecule is O=C(NCC(F)(F)F)c1ccccc1OCC1CCCO1. The van der Waals surface area contributed by atoms with Crippen LogP contribution in [0.5, 0.6) is 5.75 Å². The van der Waals surface area contributed by atoms with Gasteiger partial charge in [0.15, 0.2) is 0 Å². The lowest BCUT2D eigenvalue weighted by Gasteiger charge is -2.15. The first-order valence-electron chi connectivity index (χ1n) is 6.64. The van der Waals surface area contributed by atoms with Gasteiger partial charge in [0.05, 0.1) is 11.7 Å². The minimum Gasteiger partial charge on any atom is -0.490 e. The molecule has 0 spiro atoms. The molecule has 21 heavy (non-hydrogen) atoms. The second-order valence-corrected chi connectivity index (χ2v) is 4.74. The van der Waals surface area contributed by atoms with Gasteiger partial charge in [0, 0.05) is 6.61 Å². The van der Waals surface area contributed by atoms with Crippen molar-refractivity contribution in [2.24, 2.45) is 0 Å². The third kappa shape index (κ3) is 4.93. The summed E-state index contributed by atoms with van der Waals surface area (Å²) in [4.78, 5) is 11.8. The lowest BCUT2D eigenvalue weighted by molar-refractivity contribution is -0.123. The van der Waals surface area contributed by atoms with Crippen LogP contribution in [0, 0.1) is 0 Å². The molecule has 7 heteroatoms. The third-order valence-electron chi connectivity index (χ3n) is 3.03. The molecule has 1 aliphatic rings. The van der Waals surface area contributed by atoms with E-state index in [1.54, 1.807) is 18.2 Å². The Morgan fingerprint density at radius 2 is 2.14 bits per heavy atom.